The molecule has 6 heteroatoms. The third-order valence-electron chi connectivity index (χ3n) is 2.57. The lowest BCUT2D eigenvalue weighted by Crippen LogP contribution is -2.19. The maximum Gasteiger partial charge on any atom is 0.0997 e. The molecule has 0 bridgehead atoms. The summed E-state index contributed by atoms with van der Waals surface area (Å²) in [5.41, 5.74) is 1.84. The van der Waals surface area contributed by atoms with Crippen molar-refractivity contribution in [3.05, 3.63) is 45.7 Å². The second-order valence-corrected chi connectivity index (χ2v) is 4.52. The van der Waals surface area contributed by atoms with Crippen LogP contribution in [0.5, 0.6) is 0 Å². The van der Waals surface area contributed by atoms with E-state index in [9.17, 15) is 0 Å². The lowest BCUT2D eigenvalue weighted by molar-refractivity contribution is 0.574. The summed E-state index contributed by atoms with van der Waals surface area (Å²) >= 11 is 12.1. The second kappa shape index (κ2) is 5.49. The van der Waals surface area contributed by atoms with Gasteiger partial charge >= 0.3 is 0 Å². The van der Waals surface area contributed by atoms with Crippen LogP contribution in [-0.4, -0.2) is 22.5 Å². The van der Waals surface area contributed by atoms with Gasteiger partial charge in [-0.05, 0) is 37.2 Å². The highest BCUT2D eigenvalue weighted by Gasteiger charge is 2.14. The highest BCUT2D eigenvalue weighted by Crippen LogP contribution is 2.25. The molecule has 1 aromatic heterocycles. The van der Waals surface area contributed by atoms with E-state index < -0.39 is 0 Å². The van der Waals surface area contributed by atoms with E-state index in [0.717, 1.165) is 11.3 Å². The van der Waals surface area contributed by atoms with Gasteiger partial charge in [0.25, 0.3) is 0 Å². The standard InChI is InChI=1S/C11H12Cl2N4/c1-14-10(11-6-15-17-16-11)5-7-4-8(12)2-3-9(7)13/h2-4,6,10,14H,5H2,1H3,(H,15,16,17). The van der Waals surface area contributed by atoms with Gasteiger partial charge in [-0.2, -0.15) is 15.4 Å². The molecule has 4 nitrogen and oxygen atoms in total. The average Bonchev–Trinajstić information content (AvgIpc) is 2.84. The Kier molecular flexibility index (Phi) is 3.99. The van der Waals surface area contributed by atoms with Gasteiger partial charge in [-0.15, -0.1) is 0 Å². The van der Waals surface area contributed by atoms with Gasteiger partial charge in [0.15, 0.2) is 0 Å². The monoisotopic (exact) mass is 270 g/mol. The second-order valence-electron chi connectivity index (χ2n) is 3.68. The van der Waals surface area contributed by atoms with Crippen molar-refractivity contribution >= 4 is 23.2 Å². The predicted molar refractivity (Wildman–Crippen MR) is 68.3 cm³/mol. The molecule has 0 aliphatic rings. The number of rotatable bonds is 4. The lowest BCUT2D eigenvalue weighted by Gasteiger charge is -2.14. The molecule has 1 atom stereocenters. The number of aromatic nitrogens is 3. The van der Waals surface area contributed by atoms with Crippen molar-refractivity contribution in [2.75, 3.05) is 7.05 Å². The smallest absolute Gasteiger partial charge is 0.0997 e. The van der Waals surface area contributed by atoms with Crippen LogP contribution in [0.2, 0.25) is 10.0 Å². The first-order chi connectivity index (χ1) is 8.20. The molecule has 0 aliphatic heterocycles. The first-order valence-corrected chi connectivity index (χ1v) is 5.93. The van der Waals surface area contributed by atoms with Crippen molar-refractivity contribution in [2.24, 2.45) is 0 Å². The van der Waals surface area contributed by atoms with E-state index in [-0.39, 0.29) is 6.04 Å². The van der Waals surface area contributed by atoms with Gasteiger partial charge < -0.3 is 5.32 Å². The maximum atomic E-state index is 6.13. The van der Waals surface area contributed by atoms with Crippen molar-refractivity contribution in [3.8, 4) is 0 Å². The SMILES string of the molecule is CNC(Cc1cc(Cl)ccc1Cl)c1cn[nH]n1. The molecule has 17 heavy (non-hydrogen) atoms. The third-order valence-corrected chi connectivity index (χ3v) is 3.17. The van der Waals surface area contributed by atoms with Crippen LogP contribution in [0.25, 0.3) is 0 Å². The van der Waals surface area contributed by atoms with Crippen LogP contribution in [0.1, 0.15) is 17.3 Å². The number of benzene rings is 1. The molecule has 0 saturated carbocycles. The van der Waals surface area contributed by atoms with Crippen LogP contribution in [0, 0.1) is 0 Å². The van der Waals surface area contributed by atoms with Crippen LogP contribution in [0.4, 0.5) is 0 Å². The van der Waals surface area contributed by atoms with Crippen molar-refractivity contribution in [1.29, 1.82) is 0 Å². The van der Waals surface area contributed by atoms with Crippen molar-refractivity contribution < 1.29 is 0 Å². The van der Waals surface area contributed by atoms with Gasteiger partial charge in [0.1, 0.15) is 0 Å². The summed E-state index contributed by atoms with van der Waals surface area (Å²) in [5, 5.41) is 15.0. The molecule has 0 fully saturated rings. The molecule has 2 rings (SSSR count). The average molecular weight is 271 g/mol. The minimum atomic E-state index is 0.0599. The quantitative estimate of drug-likeness (QED) is 0.898. The van der Waals surface area contributed by atoms with Crippen molar-refractivity contribution in [1.82, 2.24) is 20.7 Å². The summed E-state index contributed by atoms with van der Waals surface area (Å²) in [6.07, 6.45) is 2.40. The molecule has 2 N–H and O–H groups in total. The number of hydrogen-bond acceptors (Lipinski definition) is 3. The highest BCUT2D eigenvalue weighted by atomic mass is 35.5. The van der Waals surface area contributed by atoms with Gasteiger partial charge in [0, 0.05) is 10.0 Å². The van der Waals surface area contributed by atoms with E-state index in [0.29, 0.717) is 16.5 Å². The first kappa shape index (κ1) is 12.4. The van der Waals surface area contributed by atoms with Crippen LogP contribution >= 0.6 is 23.2 Å². The molecule has 0 spiro atoms. The zero-order chi connectivity index (χ0) is 12.3. The number of halogens is 2. The largest absolute Gasteiger partial charge is 0.311 e. The fraction of sp³-hybridized carbons (Fsp3) is 0.273. The summed E-state index contributed by atoms with van der Waals surface area (Å²) in [4.78, 5) is 0. The highest BCUT2D eigenvalue weighted by molar-refractivity contribution is 6.33. The topological polar surface area (TPSA) is 53.6 Å². The fourth-order valence-corrected chi connectivity index (χ4v) is 2.04. The Morgan fingerprint density at radius 3 is 2.88 bits per heavy atom. The van der Waals surface area contributed by atoms with Gasteiger partial charge in [-0.3, -0.25) is 0 Å². The molecule has 0 aliphatic carbocycles. The number of nitrogens with zero attached hydrogens (tertiary/aromatic N) is 2. The van der Waals surface area contributed by atoms with Crippen LogP contribution < -0.4 is 5.32 Å². The zero-order valence-corrected chi connectivity index (χ0v) is 10.8. The van der Waals surface area contributed by atoms with Crippen LogP contribution in [0.15, 0.2) is 24.4 Å². The molecule has 1 aromatic carbocycles. The Hall–Kier alpha value is -1.10. The lowest BCUT2D eigenvalue weighted by atomic mass is 10.0. The Balaban J connectivity index is 2.21. The third kappa shape index (κ3) is 2.97. The molecule has 0 amide bonds. The number of aromatic amines is 1. The van der Waals surface area contributed by atoms with E-state index in [4.69, 9.17) is 23.2 Å². The Morgan fingerprint density at radius 2 is 2.24 bits per heavy atom. The maximum absolute atomic E-state index is 6.13. The Labute approximate surface area is 109 Å². The number of likely N-dealkylation sites (N-methyl/N-ethyl adjacent to an activating group) is 1. The van der Waals surface area contributed by atoms with Gasteiger partial charge in [-0.1, -0.05) is 23.2 Å². The zero-order valence-electron chi connectivity index (χ0n) is 9.24. The summed E-state index contributed by atoms with van der Waals surface area (Å²) in [6, 6.07) is 5.51. The summed E-state index contributed by atoms with van der Waals surface area (Å²) in [5.74, 6) is 0. The van der Waals surface area contributed by atoms with Gasteiger partial charge in [0.2, 0.25) is 0 Å². The molecule has 90 valence electrons. The number of hydrogen-bond donors (Lipinski definition) is 2. The molecular weight excluding hydrogens is 259 g/mol. The summed E-state index contributed by atoms with van der Waals surface area (Å²) < 4.78 is 0. The summed E-state index contributed by atoms with van der Waals surface area (Å²) in [7, 11) is 1.87. The molecule has 1 heterocycles. The predicted octanol–water partition coefficient (Wildman–Crippen LogP) is 2.61. The molecule has 0 radical (unpaired) electrons. The molecular formula is C11H12Cl2N4. The van der Waals surface area contributed by atoms with E-state index >= 15 is 0 Å². The van der Waals surface area contributed by atoms with E-state index in [2.05, 4.69) is 20.7 Å². The van der Waals surface area contributed by atoms with E-state index in [1.54, 1.807) is 18.3 Å². The normalized spacial score (nSPS) is 12.6. The minimum Gasteiger partial charge on any atom is -0.311 e. The number of H-pyrrole nitrogens is 1. The van der Waals surface area contributed by atoms with E-state index in [1.165, 1.54) is 0 Å². The molecule has 2 aromatic rings. The first-order valence-electron chi connectivity index (χ1n) is 5.17. The Bertz CT molecular complexity index is 484. The van der Waals surface area contributed by atoms with Crippen LogP contribution in [0.3, 0.4) is 0 Å². The molecule has 0 saturated heterocycles. The van der Waals surface area contributed by atoms with Gasteiger partial charge in [0.05, 0.1) is 17.9 Å². The van der Waals surface area contributed by atoms with Crippen LogP contribution in [-0.2, 0) is 6.42 Å². The fourth-order valence-electron chi connectivity index (χ4n) is 1.65. The van der Waals surface area contributed by atoms with Gasteiger partial charge in [-0.25, -0.2) is 0 Å². The summed E-state index contributed by atoms with van der Waals surface area (Å²) in [6.45, 7) is 0. The van der Waals surface area contributed by atoms with Crippen molar-refractivity contribution in [2.45, 2.75) is 12.5 Å². The Morgan fingerprint density at radius 1 is 1.41 bits per heavy atom. The van der Waals surface area contributed by atoms with Crippen molar-refractivity contribution in [3.63, 3.8) is 0 Å². The van der Waals surface area contributed by atoms with E-state index in [1.807, 2.05) is 13.1 Å². The molecule has 1 unspecified atom stereocenters. The number of nitrogens with one attached hydrogen (secondary N) is 2. The minimum absolute atomic E-state index is 0.0599.